The highest BCUT2D eigenvalue weighted by Crippen LogP contribution is 2.30. The quantitative estimate of drug-likeness (QED) is 0.794. The molecule has 0 bridgehead atoms. The number of Topliss-reactive ketones (excluding diaryl/α,β-unsaturated/α-hetero) is 1. The molecular formula is C12H13NO3. The monoisotopic (exact) mass is 219 g/mol. The van der Waals surface area contributed by atoms with E-state index in [1.165, 1.54) is 0 Å². The third-order valence-corrected chi connectivity index (χ3v) is 2.35. The van der Waals surface area contributed by atoms with Crippen molar-refractivity contribution in [1.82, 2.24) is 4.98 Å². The topological polar surface area (TPSA) is 52.3 Å². The summed E-state index contributed by atoms with van der Waals surface area (Å²) in [6, 6.07) is 3.66. The lowest BCUT2D eigenvalue weighted by Crippen LogP contribution is -1.99. The fourth-order valence-electron chi connectivity index (χ4n) is 1.76. The maximum absolute atomic E-state index is 11.1. The number of ether oxygens (including phenoxy) is 1. The van der Waals surface area contributed by atoms with E-state index in [1.807, 2.05) is 12.1 Å². The van der Waals surface area contributed by atoms with E-state index in [4.69, 9.17) is 9.15 Å². The van der Waals surface area contributed by atoms with Crippen molar-refractivity contribution in [3.05, 3.63) is 23.6 Å². The summed E-state index contributed by atoms with van der Waals surface area (Å²) in [7, 11) is 1.57. The Balaban J connectivity index is 2.62. The van der Waals surface area contributed by atoms with E-state index in [0.29, 0.717) is 29.2 Å². The minimum absolute atomic E-state index is 0.0952. The van der Waals surface area contributed by atoms with Crippen molar-refractivity contribution in [2.24, 2.45) is 0 Å². The van der Waals surface area contributed by atoms with E-state index in [1.54, 1.807) is 21.0 Å². The molecule has 0 aliphatic rings. The van der Waals surface area contributed by atoms with Crippen molar-refractivity contribution in [2.75, 3.05) is 7.11 Å². The summed E-state index contributed by atoms with van der Waals surface area (Å²) in [5.41, 5.74) is 2.20. The van der Waals surface area contributed by atoms with Gasteiger partial charge in [0.05, 0.1) is 7.11 Å². The van der Waals surface area contributed by atoms with Gasteiger partial charge < -0.3 is 9.15 Å². The van der Waals surface area contributed by atoms with Crippen LogP contribution in [0.4, 0.5) is 0 Å². The van der Waals surface area contributed by atoms with E-state index >= 15 is 0 Å². The minimum Gasteiger partial charge on any atom is -0.494 e. The van der Waals surface area contributed by atoms with Crippen LogP contribution < -0.4 is 4.74 Å². The van der Waals surface area contributed by atoms with Gasteiger partial charge in [0.1, 0.15) is 5.78 Å². The van der Waals surface area contributed by atoms with Crippen LogP contribution >= 0.6 is 0 Å². The summed E-state index contributed by atoms with van der Waals surface area (Å²) in [4.78, 5) is 15.4. The molecule has 84 valence electrons. The van der Waals surface area contributed by atoms with Gasteiger partial charge in [-0.25, -0.2) is 4.98 Å². The van der Waals surface area contributed by atoms with Crippen LogP contribution in [0.5, 0.6) is 5.75 Å². The molecule has 1 aromatic carbocycles. The number of nitrogens with zero attached hydrogens (tertiary/aromatic N) is 1. The van der Waals surface area contributed by atoms with Crippen LogP contribution in [0.2, 0.25) is 0 Å². The Labute approximate surface area is 93.2 Å². The number of rotatable bonds is 3. The second-order valence-electron chi connectivity index (χ2n) is 3.72. The summed E-state index contributed by atoms with van der Waals surface area (Å²) < 4.78 is 10.7. The number of fused-ring (bicyclic) bond motifs is 1. The Hall–Kier alpha value is -1.84. The van der Waals surface area contributed by atoms with Gasteiger partial charge in [0.2, 0.25) is 0 Å². The molecule has 0 N–H and O–H groups in total. The first-order chi connectivity index (χ1) is 7.61. The molecule has 0 amide bonds. The summed E-state index contributed by atoms with van der Waals surface area (Å²) in [5, 5.41) is 0. The van der Waals surface area contributed by atoms with Gasteiger partial charge in [-0.15, -0.1) is 0 Å². The SMILES string of the molecule is COc1c(CC(C)=O)ccc2oc(C)nc12. The zero-order chi connectivity index (χ0) is 11.7. The van der Waals surface area contributed by atoms with Gasteiger partial charge in [0.15, 0.2) is 22.7 Å². The number of methoxy groups -OCH3 is 1. The second-order valence-corrected chi connectivity index (χ2v) is 3.72. The zero-order valence-electron chi connectivity index (χ0n) is 9.53. The van der Waals surface area contributed by atoms with Crippen LogP contribution in [0.25, 0.3) is 11.1 Å². The molecule has 1 heterocycles. The van der Waals surface area contributed by atoms with Gasteiger partial charge in [-0.2, -0.15) is 0 Å². The predicted octanol–water partition coefficient (Wildman–Crippen LogP) is 2.28. The van der Waals surface area contributed by atoms with Crippen LogP contribution in [-0.2, 0) is 11.2 Å². The maximum atomic E-state index is 11.1. The molecule has 0 aliphatic carbocycles. The Kier molecular flexibility index (Phi) is 2.64. The molecule has 0 saturated carbocycles. The van der Waals surface area contributed by atoms with Crippen molar-refractivity contribution >= 4 is 16.9 Å². The average molecular weight is 219 g/mol. The van der Waals surface area contributed by atoms with Crippen LogP contribution in [0.1, 0.15) is 18.4 Å². The van der Waals surface area contributed by atoms with E-state index < -0.39 is 0 Å². The van der Waals surface area contributed by atoms with E-state index in [9.17, 15) is 4.79 Å². The van der Waals surface area contributed by atoms with Gasteiger partial charge in [-0.3, -0.25) is 4.79 Å². The van der Waals surface area contributed by atoms with Crippen LogP contribution in [0, 0.1) is 6.92 Å². The summed E-state index contributed by atoms with van der Waals surface area (Å²) in [6.07, 6.45) is 0.352. The van der Waals surface area contributed by atoms with Gasteiger partial charge >= 0.3 is 0 Å². The van der Waals surface area contributed by atoms with Crippen LogP contribution in [0.3, 0.4) is 0 Å². The summed E-state index contributed by atoms with van der Waals surface area (Å²) in [6.45, 7) is 3.34. The first-order valence-electron chi connectivity index (χ1n) is 5.04. The lowest BCUT2D eigenvalue weighted by Gasteiger charge is -2.06. The van der Waals surface area contributed by atoms with Crippen LogP contribution in [-0.4, -0.2) is 17.9 Å². The number of ketones is 1. The number of hydrogen-bond donors (Lipinski definition) is 0. The van der Waals surface area contributed by atoms with Gasteiger partial charge in [0.25, 0.3) is 0 Å². The molecule has 0 atom stereocenters. The van der Waals surface area contributed by atoms with Crippen molar-refractivity contribution < 1.29 is 13.9 Å². The summed E-state index contributed by atoms with van der Waals surface area (Å²) in [5.74, 6) is 1.32. The molecule has 0 aliphatic heterocycles. The van der Waals surface area contributed by atoms with Gasteiger partial charge in [0, 0.05) is 18.9 Å². The number of carbonyl (C=O) groups is 1. The van der Waals surface area contributed by atoms with E-state index in [0.717, 1.165) is 5.56 Å². The fourth-order valence-corrected chi connectivity index (χ4v) is 1.76. The molecule has 0 spiro atoms. The molecule has 2 aromatic rings. The smallest absolute Gasteiger partial charge is 0.192 e. The van der Waals surface area contributed by atoms with Crippen molar-refractivity contribution in [1.29, 1.82) is 0 Å². The Morgan fingerprint density at radius 2 is 2.25 bits per heavy atom. The highest BCUT2D eigenvalue weighted by Gasteiger charge is 2.14. The molecule has 0 unspecified atom stereocenters. The highest BCUT2D eigenvalue weighted by molar-refractivity contribution is 5.85. The normalized spacial score (nSPS) is 10.7. The van der Waals surface area contributed by atoms with Crippen LogP contribution in [0.15, 0.2) is 16.5 Å². The first kappa shape index (κ1) is 10.7. The number of hydrogen-bond acceptors (Lipinski definition) is 4. The van der Waals surface area contributed by atoms with Gasteiger partial charge in [-0.1, -0.05) is 6.07 Å². The zero-order valence-corrected chi connectivity index (χ0v) is 9.53. The Morgan fingerprint density at radius 1 is 1.50 bits per heavy atom. The van der Waals surface area contributed by atoms with Gasteiger partial charge in [-0.05, 0) is 13.0 Å². The molecule has 2 rings (SSSR count). The first-order valence-corrected chi connectivity index (χ1v) is 5.04. The lowest BCUT2D eigenvalue weighted by atomic mass is 10.1. The molecule has 1 aromatic heterocycles. The van der Waals surface area contributed by atoms with E-state index in [-0.39, 0.29) is 5.78 Å². The Morgan fingerprint density at radius 3 is 2.88 bits per heavy atom. The molecule has 0 saturated heterocycles. The largest absolute Gasteiger partial charge is 0.494 e. The van der Waals surface area contributed by atoms with Crippen molar-refractivity contribution in [2.45, 2.75) is 20.3 Å². The maximum Gasteiger partial charge on any atom is 0.192 e. The Bertz CT molecular complexity index is 542. The molecule has 16 heavy (non-hydrogen) atoms. The minimum atomic E-state index is 0.0952. The predicted molar refractivity (Wildman–Crippen MR) is 59.7 cm³/mol. The molecule has 4 nitrogen and oxygen atoms in total. The molecule has 0 fully saturated rings. The van der Waals surface area contributed by atoms with Crippen molar-refractivity contribution in [3.63, 3.8) is 0 Å². The number of oxazole rings is 1. The highest BCUT2D eigenvalue weighted by atomic mass is 16.5. The lowest BCUT2D eigenvalue weighted by molar-refractivity contribution is -0.116. The average Bonchev–Trinajstić information content (AvgIpc) is 2.57. The number of benzene rings is 1. The fraction of sp³-hybridized carbons (Fsp3) is 0.333. The third kappa shape index (κ3) is 1.78. The molecule has 0 radical (unpaired) electrons. The molecular weight excluding hydrogens is 206 g/mol. The van der Waals surface area contributed by atoms with E-state index in [2.05, 4.69) is 4.98 Å². The molecule has 4 heteroatoms. The standard InChI is InChI=1S/C12H13NO3/c1-7(14)6-9-4-5-10-11(12(9)15-3)13-8(2)16-10/h4-5H,6H2,1-3H3. The number of aromatic nitrogens is 1. The second kappa shape index (κ2) is 3.96. The number of aryl methyl sites for hydroxylation is 1. The summed E-state index contributed by atoms with van der Waals surface area (Å²) >= 11 is 0. The number of carbonyl (C=O) groups excluding carboxylic acids is 1. The third-order valence-electron chi connectivity index (χ3n) is 2.35. The van der Waals surface area contributed by atoms with Crippen molar-refractivity contribution in [3.8, 4) is 5.75 Å².